The van der Waals surface area contributed by atoms with Crippen molar-refractivity contribution in [3.63, 3.8) is 0 Å². The number of aromatic nitrogens is 1. The van der Waals surface area contributed by atoms with Crippen LogP contribution < -0.4 is 4.90 Å². The van der Waals surface area contributed by atoms with E-state index in [9.17, 15) is 4.79 Å². The molecule has 4 aromatic rings. The lowest BCUT2D eigenvalue weighted by Crippen LogP contribution is -2.60. The second-order valence-corrected chi connectivity index (χ2v) is 11.7. The summed E-state index contributed by atoms with van der Waals surface area (Å²) in [6.07, 6.45) is 2.85. The van der Waals surface area contributed by atoms with Gasteiger partial charge in [-0.05, 0) is 48.6 Å². The van der Waals surface area contributed by atoms with Crippen molar-refractivity contribution in [2.45, 2.75) is 31.3 Å². The Labute approximate surface area is 249 Å². The minimum Gasteiger partial charge on any atom is -0.369 e. The fraction of sp³-hybridized carbons (Fsp3) is 0.382. The number of rotatable bonds is 5. The van der Waals surface area contributed by atoms with Gasteiger partial charge in [0.2, 0.25) is 5.91 Å². The molecule has 1 aromatic heterocycles. The Balaban J connectivity index is 0.00000302. The van der Waals surface area contributed by atoms with Crippen molar-refractivity contribution in [3.8, 4) is 0 Å². The number of nitrogens with zero attached hydrogens (tertiary/aromatic N) is 4. The summed E-state index contributed by atoms with van der Waals surface area (Å²) in [6.45, 7) is 8.02. The van der Waals surface area contributed by atoms with Crippen molar-refractivity contribution >= 4 is 34.9 Å². The van der Waals surface area contributed by atoms with Crippen molar-refractivity contribution in [1.82, 2.24) is 19.7 Å². The Morgan fingerprint density at radius 3 is 2.12 bits per heavy atom. The van der Waals surface area contributed by atoms with E-state index >= 15 is 0 Å². The van der Waals surface area contributed by atoms with Gasteiger partial charge >= 0.3 is 0 Å². The van der Waals surface area contributed by atoms with Crippen LogP contribution in [0.2, 0.25) is 0 Å². The number of amides is 1. The van der Waals surface area contributed by atoms with E-state index in [1.165, 1.54) is 33.4 Å². The average molecular weight is 570 g/mol. The summed E-state index contributed by atoms with van der Waals surface area (Å²) in [5.74, 6) is 0.286. The number of piperazine rings is 1. The molecule has 3 aromatic carbocycles. The zero-order valence-electron chi connectivity index (χ0n) is 23.7. The number of hydrogen-bond donors (Lipinski definition) is 1. The number of carbonyl (C=O) groups excluding carboxylic acids is 1. The summed E-state index contributed by atoms with van der Waals surface area (Å²) in [7, 11) is 0. The first kappa shape index (κ1) is 27.8. The largest absolute Gasteiger partial charge is 0.369 e. The van der Waals surface area contributed by atoms with Gasteiger partial charge in [0.05, 0.1) is 12.1 Å². The van der Waals surface area contributed by atoms with E-state index < -0.39 is 0 Å². The Morgan fingerprint density at radius 1 is 0.732 bits per heavy atom. The van der Waals surface area contributed by atoms with Crippen LogP contribution in [0.15, 0.2) is 84.9 Å². The number of carbonyl (C=O) groups is 1. The van der Waals surface area contributed by atoms with Crippen LogP contribution in [0.25, 0.3) is 10.9 Å². The number of aromatic amines is 1. The summed E-state index contributed by atoms with van der Waals surface area (Å²) in [6, 6.07) is 30.1. The lowest BCUT2D eigenvalue weighted by molar-refractivity contribution is -0.143. The Bertz CT molecular complexity index is 1460. The summed E-state index contributed by atoms with van der Waals surface area (Å²) < 4.78 is 0. The third kappa shape index (κ3) is 5.36. The topological polar surface area (TPSA) is 45.8 Å². The monoisotopic (exact) mass is 569 g/mol. The van der Waals surface area contributed by atoms with Gasteiger partial charge in [0.15, 0.2) is 0 Å². The van der Waals surface area contributed by atoms with Crippen molar-refractivity contribution in [2.24, 2.45) is 0 Å². The molecule has 214 valence electrons. The number of anilines is 1. The number of para-hydroxylation sites is 2. The highest BCUT2D eigenvalue weighted by atomic mass is 35.5. The van der Waals surface area contributed by atoms with Crippen molar-refractivity contribution < 1.29 is 4.79 Å². The molecule has 2 saturated heterocycles. The SMILES string of the molecule is Cl.O=C(CN1CCN(c2ccccc2)CC1)N1CCc2c([nH]c3ccccc23)C12CCN(Cc1ccccc1)CC2. The number of benzene rings is 3. The van der Waals surface area contributed by atoms with Crippen LogP contribution in [0, 0.1) is 0 Å². The van der Waals surface area contributed by atoms with Gasteiger partial charge < -0.3 is 14.8 Å². The molecule has 41 heavy (non-hydrogen) atoms. The fourth-order valence-corrected chi connectivity index (χ4v) is 7.32. The van der Waals surface area contributed by atoms with E-state index in [-0.39, 0.29) is 23.9 Å². The second kappa shape index (κ2) is 11.9. The summed E-state index contributed by atoms with van der Waals surface area (Å²) in [4.78, 5) is 27.6. The average Bonchev–Trinajstić information content (AvgIpc) is 3.40. The molecule has 1 N–H and O–H groups in total. The first-order valence-corrected chi connectivity index (χ1v) is 14.9. The number of halogens is 1. The van der Waals surface area contributed by atoms with Gasteiger partial charge in [-0.15, -0.1) is 12.4 Å². The van der Waals surface area contributed by atoms with Gasteiger partial charge in [0.25, 0.3) is 0 Å². The van der Waals surface area contributed by atoms with Gasteiger partial charge in [-0.3, -0.25) is 14.6 Å². The number of piperidine rings is 1. The molecule has 0 radical (unpaired) electrons. The summed E-state index contributed by atoms with van der Waals surface area (Å²) in [5.41, 5.74) is 6.29. The molecule has 4 heterocycles. The van der Waals surface area contributed by atoms with E-state index in [1.54, 1.807) is 0 Å². The van der Waals surface area contributed by atoms with E-state index in [1.807, 2.05) is 0 Å². The normalized spacial score (nSPS) is 19.2. The lowest BCUT2D eigenvalue weighted by atomic mass is 9.77. The molecular weight excluding hydrogens is 530 g/mol. The summed E-state index contributed by atoms with van der Waals surface area (Å²) >= 11 is 0. The van der Waals surface area contributed by atoms with Crippen LogP contribution in [0.3, 0.4) is 0 Å². The van der Waals surface area contributed by atoms with Crippen LogP contribution in [-0.4, -0.2) is 77.9 Å². The molecule has 0 atom stereocenters. The maximum atomic E-state index is 14.1. The van der Waals surface area contributed by atoms with E-state index in [0.717, 1.165) is 71.6 Å². The maximum absolute atomic E-state index is 14.1. The second-order valence-electron chi connectivity index (χ2n) is 11.7. The lowest BCUT2D eigenvalue weighted by Gasteiger charge is -2.51. The highest BCUT2D eigenvalue weighted by Gasteiger charge is 2.48. The first-order valence-electron chi connectivity index (χ1n) is 14.9. The molecule has 0 saturated carbocycles. The minimum atomic E-state index is -0.261. The highest BCUT2D eigenvalue weighted by Crippen LogP contribution is 2.45. The molecular formula is C34H40ClN5O. The van der Waals surface area contributed by atoms with E-state index in [0.29, 0.717) is 6.54 Å². The molecule has 7 heteroatoms. The van der Waals surface area contributed by atoms with E-state index in [4.69, 9.17) is 0 Å². The van der Waals surface area contributed by atoms with E-state index in [2.05, 4.69) is 110 Å². The number of nitrogens with one attached hydrogen (secondary N) is 1. The van der Waals surface area contributed by atoms with Gasteiger partial charge in [0.1, 0.15) is 0 Å². The van der Waals surface area contributed by atoms with Crippen LogP contribution in [0.1, 0.15) is 29.7 Å². The molecule has 3 aliphatic rings. The predicted octanol–water partition coefficient (Wildman–Crippen LogP) is 5.29. The summed E-state index contributed by atoms with van der Waals surface area (Å²) in [5, 5.41) is 1.33. The van der Waals surface area contributed by atoms with Crippen molar-refractivity contribution in [2.75, 3.05) is 57.3 Å². The Hall–Kier alpha value is -3.32. The number of fused-ring (bicyclic) bond motifs is 4. The maximum Gasteiger partial charge on any atom is 0.237 e. The first-order chi connectivity index (χ1) is 19.7. The third-order valence-electron chi connectivity index (χ3n) is 9.47. The number of hydrogen-bond acceptors (Lipinski definition) is 4. The molecule has 1 spiro atoms. The molecule has 0 aliphatic carbocycles. The van der Waals surface area contributed by atoms with Gasteiger partial charge in [-0.2, -0.15) is 0 Å². The Morgan fingerprint density at radius 2 is 1.39 bits per heavy atom. The van der Waals surface area contributed by atoms with Crippen LogP contribution in [0.4, 0.5) is 5.69 Å². The molecule has 3 aliphatic heterocycles. The number of likely N-dealkylation sites (tertiary alicyclic amines) is 1. The van der Waals surface area contributed by atoms with Crippen LogP contribution >= 0.6 is 12.4 Å². The third-order valence-corrected chi connectivity index (χ3v) is 9.47. The molecule has 0 bridgehead atoms. The van der Waals surface area contributed by atoms with Gasteiger partial charge in [0, 0.05) is 74.6 Å². The molecule has 2 fully saturated rings. The fourth-order valence-electron chi connectivity index (χ4n) is 7.32. The van der Waals surface area contributed by atoms with Crippen molar-refractivity contribution in [1.29, 1.82) is 0 Å². The highest BCUT2D eigenvalue weighted by molar-refractivity contribution is 5.87. The number of H-pyrrole nitrogens is 1. The molecule has 6 nitrogen and oxygen atoms in total. The Kier molecular flexibility index (Phi) is 8.07. The molecule has 0 unspecified atom stereocenters. The van der Waals surface area contributed by atoms with Crippen molar-refractivity contribution in [3.05, 3.63) is 102 Å². The quantitative estimate of drug-likeness (QED) is 0.355. The van der Waals surface area contributed by atoms with Gasteiger partial charge in [-0.1, -0.05) is 66.7 Å². The smallest absolute Gasteiger partial charge is 0.237 e. The zero-order valence-corrected chi connectivity index (χ0v) is 24.5. The van der Waals surface area contributed by atoms with Crippen LogP contribution in [0.5, 0.6) is 0 Å². The minimum absolute atomic E-state index is 0. The predicted molar refractivity (Wildman–Crippen MR) is 169 cm³/mol. The molecule has 1 amide bonds. The molecule has 7 rings (SSSR count). The van der Waals surface area contributed by atoms with Crippen LogP contribution in [-0.2, 0) is 23.3 Å². The van der Waals surface area contributed by atoms with Gasteiger partial charge in [-0.25, -0.2) is 0 Å². The zero-order chi connectivity index (χ0) is 26.9. The standard InChI is InChI=1S/C34H39N5O.ClH/c40-32(26-37-21-23-38(24-22-37)28-11-5-2-6-12-28)39-18-15-30-29-13-7-8-14-31(29)35-33(30)34(39)16-19-36(20-17-34)25-27-9-3-1-4-10-27;/h1-14,35H,15-26H2;1H.